The Morgan fingerprint density at radius 2 is 2.05 bits per heavy atom. The summed E-state index contributed by atoms with van der Waals surface area (Å²) in [6, 6.07) is 0. The molecule has 2 heterocycles. The summed E-state index contributed by atoms with van der Waals surface area (Å²) >= 11 is 0. The molecule has 5 heteroatoms. The minimum absolute atomic E-state index is 0.254. The summed E-state index contributed by atoms with van der Waals surface area (Å²) in [6.45, 7) is 10.2. The third-order valence-electron chi connectivity index (χ3n) is 4.61. The standard InChI is InChI=1S/C15H23BO4/c1-10(13(17)18-6)7-8-12-11(2)9-15(5)14(3,4)19-16(12)20-15/h7-8,11H,9H2,1-6H3/b10-7+,12-8+. The van der Waals surface area contributed by atoms with Crippen molar-refractivity contribution in [2.24, 2.45) is 5.92 Å². The molecule has 2 aliphatic heterocycles. The largest absolute Gasteiger partial charge is 0.490 e. The molecule has 2 aliphatic rings. The van der Waals surface area contributed by atoms with Crippen molar-refractivity contribution >= 4 is 13.1 Å². The van der Waals surface area contributed by atoms with E-state index in [9.17, 15) is 4.79 Å². The zero-order valence-corrected chi connectivity index (χ0v) is 13.1. The van der Waals surface area contributed by atoms with Gasteiger partial charge in [0.05, 0.1) is 18.3 Å². The number of fused-ring (bicyclic) bond motifs is 2. The van der Waals surface area contributed by atoms with Gasteiger partial charge in [-0.2, -0.15) is 0 Å². The Kier molecular flexibility index (Phi) is 3.86. The molecule has 2 unspecified atom stereocenters. The Labute approximate surface area is 121 Å². The zero-order chi connectivity index (χ0) is 15.1. The number of allylic oxidation sites excluding steroid dienone is 3. The molecule has 0 amide bonds. The number of carbonyl (C=O) groups is 1. The number of ether oxygens (including phenoxy) is 1. The first-order chi connectivity index (χ1) is 9.20. The third kappa shape index (κ3) is 2.45. The van der Waals surface area contributed by atoms with Crippen molar-refractivity contribution < 1.29 is 18.8 Å². The molecular formula is C15H23BO4. The van der Waals surface area contributed by atoms with Gasteiger partial charge in [0.1, 0.15) is 0 Å². The summed E-state index contributed by atoms with van der Waals surface area (Å²) in [7, 11) is 1.06. The van der Waals surface area contributed by atoms with Gasteiger partial charge < -0.3 is 14.0 Å². The highest BCUT2D eigenvalue weighted by Crippen LogP contribution is 2.49. The quantitative estimate of drug-likeness (QED) is 0.442. The molecule has 0 aromatic rings. The fraction of sp³-hybridized carbons (Fsp3) is 0.667. The molecule has 20 heavy (non-hydrogen) atoms. The van der Waals surface area contributed by atoms with E-state index in [2.05, 4.69) is 27.7 Å². The summed E-state index contributed by atoms with van der Waals surface area (Å²) in [6.07, 6.45) is 4.62. The summed E-state index contributed by atoms with van der Waals surface area (Å²) in [5, 5.41) is 0. The van der Waals surface area contributed by atoms with Crippen LogP contribution in [0.3, 0.4) is 0 Å². The molecule has 0 N–H and O–H groups in total. The van der Waals surface area contributed by atoms with Gasteiger partial charge in [0, 0.05) is 5.57 Å². The normalized spacial score (nSPS) is 34.5. The second-order valence-electron chi connectivity index (χ2n) is 6.42. The lowest BCUT2D eigenvalue weighted by Gasteiger charge is -2.39. The fourth-order valence-electron chi connectivity index (χ4n) is 2.85. The molecule has 0 aromatic carbocycles. The van der Waals surface area contributed by atoms with E-state index in [0.29, 0.717) is 11.5 Å². The van der Waals surface area contributed by atoms with Crippen molar-refractivity contribution in [1.82, 2.24) is 0 Å². The van der Waals surface area contributed by atoms with Crippen LogP contribution in [-0.4, -0.2) is 31.4 Å². The van der Waals surface area contributed by atoms with Crippen molar-refractivity contribution in [2.45, 2.75) is 52.2 Å². The van der Waals surface area contributed by atoms with Gasteiger partial charge in [-0.05, 0) is 45.5 Å². The van der Waals surface area contributed by atoms with E-state index in [1.807, 2.05) is 6.08 Å². The molecule has 0 radical (unpaired) electrons. The van der Waals surface area contributed by atoms with E-state index in [1.54, 1.807) is 13.0 Å². The number of methoxy groups -OCH3 is 1. The fourth-order valence-corrected chi connectivity index (χ4v) is 2.85. The highest BCUT2D eigenvalue weighted by Gasteiger charge is 2.59. The van der Waals surface area contributed by atoms with Crippen LogP contribution >= 0.6 is 0 Å². The average molecular weight is 278 g/mol. The van der Waals surface area contributed by atoms with E-state index in [4.69, 9.17) is 14.0 Å². The van der Waals surface area contributed by atoms with Crippen LogP contribution in [0.4, 0.5) is 0 Å². The molecule has 2 saturated heterocycles. The molecule has 0 saturated carbocycles. The van der Waals surface area contributed by atoms with E-state index in [1.165, 1.54) is 7.11 Å². The molecule has 2 atom stereocenters. The molecule has 2 bridgehead atoms. The van der Waals surface area contributed by atoms with Gasteiger partial charge >= 0.3 is 13.1 Å². The first-order valence-corrected chi connectivity index (χ1v) is 7.02. The van der Waals surface area contributed by atoms with Crippen LogP contribution in [0.1, 0.15) is 41.0 Å². The van der Waals surface area contributed by atoms with E-state index < -0.39 is 0 Å². The van der Waals surface area contributed by atoms with Crippen molar-refractivity contribution in [1.29, 1.82) is 0 Å². The molecule has 0 spiro atoms. The smallest absolute Gasteiger partial charge is 0.466 e. The van der Waals surface area contributed by atoms with Crippen LogP contribution in [0.5, 0.6) is 0 Å². The monoisotopic (exact) mass is 278 g/mol. The van der Waals surface area contributed by atoms with Crippen LogP contribution < -0.4 is 0 Å². The first kappa shape index (κ1) is 15.3. The van der Waals surface area contributed by atoms with Gasteiger partial charge in [0.2, 0.25) is 0 Å². The van der Waals surface area contributed by atoms with Crippen molar-refractivity contribution in [3.8, 4) is 0 Å². The average Bonchev–Trinajstić information content (AvgIpc) is 2.54. The number of hydrogen-bond acceptors (Lipinski definition) is 4. The SMILES string of the molecule is COC(=O)/C(C)=C/C=C1/B2OC(C)(C)C(C)(CC1C)O2. The van der Waals surface area contributed by atoms with Gasteiger partial charge in [0.15, 0.2) is 0 Å². The summed E-state index contributed by atoms with van der Waals surface area (Å²) in [5.74, 6) is 0.0472. The maximum atomic E-state index is 11.4. The van der Waals surface area contributed by atoms with Gasteiger partial charge in [-0.1, -0.05) is 19.1 Å². The Balaban J connectivity index is 2.25. The Morgan fingerprint density at radius 1 is 1.40 bits per heavy atom. The number of hydrogen-bond donors (Lipinski definition) is 0. The number of esters is 1. The van der Waals surface area contributed by atoms with Gasteiger partial charge in [0.25, 0.3) is 0 Å². The first-order valence-electron chi connectivity index (χ1n) is 7.02. The Morgan fingerprint density at radius 3 is 2.65 bits per heavy atom. The van der Waals surface area contributed by atoms with E-state index >= 15 is 0 Å². The Bertz CT molecular complexity index is 478. The van der Waals surface area contributed by atoms with E-state index in [-0.39, 0.29) is 24.3 Å². The van der Waals surface area contributed by atoms with Crippen LogP contribution in [0.25, 0.3) is 0 Å². The molecule has 0 aromatic heterocycles. The molecule has 4 nitrogen and oxygen atoms in total. The maximum absolute atomic E-state index is 11.4. The van der Waals surface area contributed by atoms with Crippen LogP contribution in [0.2, 0.25) is 0 Å². The van der Waals surface area contributed by atoms with Crippen LogP contribution in [-0.2, 0) is 18.8 Å². The second-order valence-corrected chi connectivity index (χ2v) is 6.42. The minimum atomic E-state index is -0.319. The molecule has 2 rings (SSSR count). The molecular weight excluding hydrogens is 255 g/mol. The van der Waals surface area contributed by atoms with Gasteiger partial charge in [-0.25, -0.2) is 4.79 Å². The summed E-state index contributed by atoms with van der Waals surface area (Å²) < 4.78 is 16.8. The van der Waals surface area contributed by atoms with Crippen molar-refractivity contribution in [2.75, 3.05) is 7.11 Å². The zero-order valence-electron chi connectivity index (χ0n) is 13.1. The third-order valence-corrected chi connectivity index (χ3v) is 4.61. The minimum Gasteiger partial charge on any atom is -0.466 e. The van der Waals surface area contributed by atoms with Gasteiger partial charge in [-0.3, -0.25) is 0 Å². The number of carbonyl (C=O) groups excluding carboxylic acids is 1. The van der Waals surface area contributed by atoms with Gasteiger partial charge in [-0.15, -0.1) is 0 Å². The molecule has 110 valence electrons. The van der Waals surface area contributed by atoms with Crippen molar-refractivity contribution in [3.63, 3.8) is 0 Å². The lowest BCUT2D eigenvalue weighted by atomic mass is 9.65. The second kappa shape index (κ2) is 5.04. The lowest BCUT2D eigenvalue weighted by Crippen LogP contribution is -2.47. The predicted molar refractivity (Wildman–Crippen MR) is 78.0 cm³/mol. The predicted octanol–water partition coefficient (Wildman–Crippen LogP) is 2.68. The van der Waals surface area contributed by atoms with E-state index in [0.717, 1.165) is 11.9 Å². The topological polar surface area (TPSA) is 44.8 Å². The van der Waals surface area contributed by atoms with Crippen molar-refractivity contribution in [3.05, 3.63) is 23.2 Å². The molecule has 0 aliphatic carbocycles. The summed E-state index contributed by atoms with van der Waals surface area (Å²) in [4.78, 5) is 11.4. The Hall–Kier alpha value is -1.07. The van der Waals surface area contributed by atoms with Crippen LogP contribution in [0, 0.1) is 5.92 Å². The highest BCUT2D eigenvalue weighted by molar-refractivity contribution is 6.55. The molecule has 2 fully saturated rings. The maximum Gasteiger partial charge on any atom is 0.490 e. The summed E-state index contributed by atoms with van der Waals surface area (Å²) in [5.41, 5.74) is 1.09. The number of rotatable bonds is 2. The highest BCUT2D eigenvalue weighted by atomic mass is 16.7. The lowest BCUT2D eigenvalue weighted by molar-refractivity contribution is -0.136. The van der Waals surface area contributed by atoms with Crippen LogP contribution in [0.15, 0.2) is 23.2 Å².